The summed E-state index contributed by atoms with van der Waals surface area (Å²) in [5.41, 5.74) is 0. The third kappa shape index (κ3) is 2.84. The fourth-order valence-electron chi connectivity index (χ4n) is 1.92. The van der Waals surface area contributed by atoms with Crippen LogP contribution in [0.3, 0.4) is 0 Å². The molecule has 1 atom stereocenters. The van der Waals surface area contributed by atoms with E-state index in [1.54, 1.807) is 11.3 Å². The van der Waals surface area contributed by atoms with Crippen molar-refractivity contribution in [2.75, 3.05) is 18.1 Å². The molecule has 0 amide bonds. The first-order chi connectivity index (χ1) is 7.61. The van der Waals surface area contributed by atoms with Gasteiger partial charge in [-0.25, -0.2) is 8.42 Å². The van der Waals surface area contributed by atoms with E-state index >= 15 is 0 Å². The summed E-state index contributed by atoms with van der Waals surface area (Å²) in [6.07, 6.45) is 1.75. The highest BCUT2D eigenvalue weighted by Crippen LogP contribution is 2.26. The molecule has 0 aliphatic carbocycles. The molecular weight excluding hydrogens is 242 g/mol. The van der Waals surface area contributed by atoms with Gasteiger partial charge in [0.15, 0.2) is 9.84 Å². The smallest absolute Gasteiger partial charge is 0.152 e. The summed E-state index contributed by atoms with van der Waals surface area (Å²) in [4.78, 5) is 2.47. The van der Waals surface area contributed by atoms with Gasteiger partial charge < -0.3 is 5.32 Å². The number of nitrogens with one attached hydrogen (secondary N) is 1. The lowest BCUT2D eigenvalue weighted by Crippen LogP contribution is -2.24. The maximum atomic E-state index is 11.7. The minimum atomic E-state index is -2.87. The Labute approximate surface area is 101 Å². The zero-order valence-electron chi connectivity index (χ0n) is 9.40. The van der Waals surface area contributed by atoms with Crippen molar-refractivity contribution in [1.82, 2.24) is 5.32 Å². The third-order valence-electron chi connectivity index (χ3n) is 2.82. The SMILES string of the molecule is CCc1ccc(C2CS(=O)(=O)CCCN2)s1. The highest BCUT2D eigenvalue weighted by atomic mass is 32.2. The normalized spacial score (nSPS) is 25.2. The van der Waals surface area contributed by atoms with Crippen LogP contribution in [0.5, 0.6) is 0 Å². The zero-order chi connectivity index (χ0) is 11.6. The van der Waals surface area contributed by atoms with Gasteiger partial charge in [0.25, 0.3) is 0 Å². The first-order valence-corrected chi connectivity index (χ1v) is 8.27. The predicted molar refractivity (Wildman–Crippen MR) is 67.7 cm³/mol. The molecule has 1 aliphatic heterocycles. The van der Waals surface area contributed by atoms with Gasteiger partial charge in [-0.2, -0.15) is 0 Å². The predicted octanol–water partition coefficient (Wildman–Crippen LogP) is 1.76. The van der Waals surface area contributed by atoms with Crippen LogP contribution in [0, 0.1) is 0 Å². The zero-order valence-corrected chi connectivity index (χ0v) is 11.0. The van der Waals surface area contributed by atoms with Gasteiger partial charge >= 0.3 is 0 Å². The summed E-state index contributed by atoms with van der Waals surface area (Å²) in [7, 11) is -2.87. The highest BCUT2D eigenvalue weighted by molar-refractivity contribution is 7.91. The van der Waals surface area contributed by atoms with Crippen LogP contribution in [0.15, 0.2) is 12.1 Å². The summed E-state index contributed by atoms with van der Waals surface area (Å²) in [6, 6.07) is 4.15. The number of rotatable bonds is 2. The lowest BCUT2D eigenvalue weighted by Gasteiger charge is -2.12. The van der Waals surface area contributed by atoms with E-state index in [0.717, 1.165) is 24.3 Å². The van der Waals surface area contributed by atoms with Crippen molar-refractivity contribution >= 4 is 21.2 Å². The van der Waals surface area contributed by atoms with Crippen molar-refractivity contribution in [3.63, 3.8) is 0 Å². The van der Waals surface area contributed by atoms with E-state index in [9.17, 15) is 8.42 Å². The van der Waals surface area contributed by atoms with E-state index in [0.29, 0.717) is 5.75 Å². The average Bonchev–Trinajstić information content (AvgIpc) is 2.64. The van der Waals surface area contributed by atoms with Gasteiger partial charge in [-0.15, -0.1) is 11.3 Å². The van der Waals surface area contributed by atoms with Crippen molar-refractivity contribution < 1.29 is 8.42 Å². The standard InChI is InChI=1S/C11H17NO2S2/c1-2-9-4-5-11(15-9)10-8-16(13,14)7-3-6-12-10/h4-5,10,12H,2-3,6-8H2,1H3. The lowest BCUT2D eigenvalue weighted by atomic mass is 10.2. The molecule has 1 aliphatic rings. The van der Waals surface area contributed by atoms with Gasteiger partial charge in [-0.3, -0.25) is 0 Å². The molecule has 0 spiro atoms. The van der Waals surface area contributed by atoms with E-state index < -0.39 is 9.84 Å². The molecule has 3 nitrogen and oxygen atoms in total. The largest absolute Gasteiger partial charge is 0.308 e. The minimum absolute atomic E-state index is 0.00204. The van der Waals surface area contributed by atoms with E-state index in [1.165, 1.54) is 4.88 Å². The van der Waals surface area contributed by atoms with Crippen molar-refractivity contribution in [3.8, 4) is 0 Å². The summed E-state index contributed by atoms with van der Waals surface area (Å²) < 4.78 is 23.4. The maximum absolute atomic E-state index is 11.7. The molecule has 2 heterocycles. The van der Waals surface area contributed by atoms with Crippen LogP contribution in [0.25, 0.3) is 0 Å². The van der Waals surface area contributed by atoms with Gasteiger partial charge in [0.1, 0.15) is 0 Å². The van der Waals surface area contributed by atoms with Crippen LogP contribution in [0.2, 0.25) is 0 Å². The minimum Gasteiger partial charge on any atom is -0.308 e. The Hall–Kier alpha value is -0.390. The molecule has 90 valence electrons. The molecule has 1 fully saturated rings. The number of sulfone groups is 1. The second-order valence-electron chi connectivity index (χ2n) is 4.13. The Morgan fingerprint density at radius 1 is 1.50 bits per heavy atom. The van der Waals surface area contributed by atoms with E-state index in [-0.39, 0.29) is 11.8 Å². The van der Waals surface area contributed by atoms with Crippen LogP contribution in [-0.4, -0.2) is 26.5 Å². The molecular formula is C11H17NO2S2. The third-order valence-corrected chi connectivity index (χ3v) is 5.91. The number of thiophene rings is 1. The van der Waals surface area contributed by atoms with Crippen LogP contribution < -0.4 is 5.32 Å². The number of aryl methyl sites for hydroxylation is 1. The topological polar surface area (TPSA) is 46.2 Å². The Balaban J connectivity index is 2.19. The molecule has 0 saturated carbocycles. The van der Waals surface area contributed by atoms with Gasteiger partial charge in [0.05, 0.1) is 17.5 Å². The number of hydrogen-bond acceptors (Lipinski definition) is 4. The molecule has 0 aromatic carbocycles. The van der Waals surface area contributed by atoms with Crippen LogP contribution in [0.1, 0.15) is 29.1 Å². The molecule has 5 heteroatoms. The monoisotopic (exact) mass is 259 g/mol. The molecule has 16 heavy (non-hydrogen) atoms. The summed E-state index contributed by atoms with van der Waals surface area (Å²) >= 11 is 1.72. The van der Waals surface area contributed by atoms with Crippen LogP contribution in [0.4, 0.5) is 0 Å². The van der Waals surface area contributed by atoms with Crippen LogP contribution >= 0.6 is 11.3 Å². The van der Waals surface area contributed by atoms with Gasteiger partial charge in [-0.05, 0) is 31.5 Å². The lowest BCUT2D eigenvalue weighted by molar-refractivity contribution is 0.577. The molecule has 1 N–H and O–H groups in total. The van der Waals surface area contributed by atoms with Gasteiger partial charge in [-0.1, -0.05) is 6.92 Å². The molecule has 1 aromatic heterocycles. The van der Waals surface area contributed by atoms with Crippen LogP contribution in [-0.2, 0) is 16.3 Å². The van der Waals surface area contributed by atoms with Crippen molar-refractivity contribution in [2.24, 2.45) is 0 Å². The van der Waals surface area contributed by atoms with E-state index in [2.05, 4.69) is 24.4 Å². The van der Waals surface area contributed by atoms with Gasteiger partial charge in [0, 0.05) is 9.75 Å². The highest BCUT2D eigenvalue weighted by Gasteiger charge is 2.24. The van der Waals surface area contributed by atoms with Gasteiger partial charge in [0.2, 0.25) is 0 Å². The Bertz CT molecular complexity index is 450. The molecule has 0 radical (unpaired) electrons. The Kier molecular flexibility index (Phi) is 3.66. The quantitative estimate of drug-likeness (QED) is 0.880. The van der Waals surface area contributed by atoms with E-state index in [4.69, 9.17) is 0 Å². The first kappa shape index (κ1) is 12.1. The molecule has 1 aromatic rings. The fourth-order valence-corrected chi connectivity index (χ4v) is 4.61. The Morgan fingerprint density at radius 2 is 2.31 bits per heavy atom. The number of hydrogen-bond donors (Lipinski definition) is 1. The van der Waals surface area contributed by atoms with Crippen molar-refractivity contribution in [1.29, 1.82) is 0 Å². The summed E-state index contributed by atoms with van der Waals surface area (Å²) in [5, 5.41) is 3.32. The Morgan fingerprint density at radius 3 is 3.00 bits per heavy atom. The summed E-state index contributed by atoms with van der Waals surface area (Å²) in [6.45, 7) is 2.91. The molecule has 0 bridgehead atoms. The average molecular weight is 259 g/mol. The summed E-state index contributed by atoms with van der Waals surface area (Å²) in [5.74, 6) is 0.569. The molecule has 1 saturated heterocycles. The second kappa shape index (κ2) is 4.85. The molecule has 2 rings (SSSR count). The molecule has 1 unspecified atom stereocenters. The van der Waals surface area contributed by atoms with Crippen molar-refractivity contribution in [3.05, 3.63) is 21.9 Å². The first-order valence-electron chi connectivity index (χ1n) is 5.63. The second-order valence-corrected chi connectivity index (χ2v) is 7.56. The fraction of sp³-hybridized carbons (Fsp3) is 0.636. The van der Waals surface area contributed by atoms with E-state index in [1.807, 2.05) is 0 Å². The maximum Gasteiger partial charge on any atom is 0.152 e. The van der Waals surface area contributed by atoms with Crippen molar-refractivity contribution in [2.45, 2.75) is 25.8 Å².